The Bertz CT molecular complexity index is 559. The minimum Gasteiger partial charge on any atom is -0.464 e. The molecule has 8 nitrogen and oxygen atoms in total. The molecule has 102 valence electrons. The summed E-state index contributed by atoms with van der Waals surface area (Å²) < 4.78 is 7.01. The number of anilines is 1. The Morgan fingerprint density at radius 3 is 2.84 bits per heavy atom. The van der Waals surface area contributed by atoms with Gasteiger partial charge in [0.15, 0.2) is 5.82 Å². The Kier molecular flexibility index (Phi) is 4.10. The molecule has 2 heterocycles. The second-order valence-corrected chi connectivity index (χ2v) is 4.15. The second kappa shape index (κ2) is 5.79. The zero-order valence-corrected chi connectivity index (χ0v) is 11.6. The third-order valence-corrected chi connectivity index (χ3v) is 2.51. The number of halogens is 1. The molecule has 9 heteroatoms. The summed E-state index contributed by atoms with van der Waals surface area (Å²) in [6, 6.07) is 0.0654. The Labute approximate surface area is 115 Å². The van der Waals surface area contributed by atoms with Gasteiger partial charge in [0.05, 0.1) is 12.6 Å². The summed E-state index contributed by atoms with van der Waals surface area (Å²) in [5.41, 5.74) is 0. The highest BCUT2D eigenvalue weighted by atomic mass is 35.5. The minimum absolute atomic E-state index is 0.0751. The van der Waals surface area contributed by atoms with E-state index in [0.717, 1.165) is 5.82 Å². The average Bonchev–Trinajstić information content (AvgIpc) is 2.75. The van der Waals surface area contributed by atoms with Crippen molar-refractivity contribution < 1.29 is 4.74 Å². The van der Waals surface area contributed by atoms with Gasteiger partial charge >= 0.3 is 6.01 Å². The van der Waals surface area contributed by atoms with Crippen molar-refractivity contribution in [1.29, 1.82) is 0 Å². The predicted octanol–water partition coefficient (Wildman–Crippen LogP) is 1.23. The normalized spacial score (nSPS) is 12.2. The molecular weight excluding hydrogens is 270 g/mol. The van der Waals surface area contributed by atoms with E-state index in [4.69, 9.17) is 16.3 Å². The average molecular weight is 284 g/mol. The molecule has 0 aliphatic rings. The van der Waals surface area contributed by atoms with Gasteiger partial charge < -0.3 is 14.6 Å². The van der Waals surface area contributed by atoms with Gasteiger partial charge in [-0.15, -0.1) is 10.2 Å². The standard InChI is InChI=1S/C10H14ClN7O/c1-4-19-10-15-8(11)14-9(16-10)13-6(2)7-17-12-5-18(7)3/h5-6H,4H2,1-3H3,(H,13,14,15,16). The lowest BCUT2D eigenvalue weighted by atomic mass is 10.3. The van der Waals surface area contributed by atoms with Gasteiger partial charge in [-0.2, -0.15) is 15.0 Å². The molecule has 0 amide bonds. The van der Waals surface area contributed by atoms with E-state index in [2.05, 4.69) is 30.5 Å². The maximum atomic E-state index is 5.81. The Morgan fingerprint density at radius 2 is 2.21 bits per heavy atom. The molecule has 0 spiro atoms. The first-order valence-corrected chi connectivity index (χ1v) is 6.12. The fourth-order valence-corrected chi connectivity index (χ4v) is 1.68. The summed E-state index contributed by atoms with van der Waals surface area (Å²) in [6.07, 6.45) is 1.62. The van der Waals surface area contributed by atoms with Crippen LogP contribution in [0.15, 0.2) is 6.33 Å². The SMILES string of the molecule is CCOc1nc(Cl)nc(NC(C)c2nncn2C)n1. The Morgan fingerprint density at radius 1 is 1.42 bits per heavy atom. The first kappa shape index (κ1) is 13.5. The molecule has 0 radical (unpaired) electrons. The van der Waals surface area contributed by atoms with Crippen molar-refractivity contribution in [2.45, 2.75) is 19.9 Å². The lowest BCUT2D eigenvalue weighted by Crippen LogP contribution is -2.14. The van der Waals surface area contributed by atoms with Crippen LogP contribution in [0.25, 0.3) is 0 Å². The molecule has 0 bridgehead atoms. The number of aromatic nitrogens is 6. The molecule has 0 aliphatic heterocycles. The predicted molar refractivity (Wildman–Crippen MR) is 69.0 cm³/mol. The molecule has 2 aromatic rings. The van der Waals surface area contributed by atoms with Gasteiger partial charge in [0, 0.05) is 7.05 Å². The Hall–Kier alpha value is -1.96. The van der Waals surface area contributed by atoms with Crippen LogP contribution in [0.3, 0.4) is 0 Å². The van der Waals surface area contributed by atoms with E-state index >= 15 is 0 Å². The highest BCUT2D eigenvalue weighted by molar-refractivity contribution is 6.28. The van der Waals surface area contributed by atoms with Gasteiger partial charge in [0.1, 0.15) is 6.33 Å². The lowest BCUT2D eigenvalue weighted by molar-refractivity contribution is 0.312. The molecule has 19 heavy (non-hydrogen) atoms. The van der Waals surface area contributed by atoms with Crippen molar-refractivity contribution in [3.63, 3.8) is 0 Å². The maximum absolute atomic E-state index is 5.81. The molecule has 0 saturated heterocycles. The monoisotopic (exact) mass is 283 g/mol. The summed E-state index contributed by atoms with van der Waals surface area (Å²) in [5.74, 6) is 1.09. The van der Waals surface area contributed by atoms with Crippen molar-refractivity contribution in [2.24, 2.45) is 7.05 Å². The van der Waals surface area contributed by atoms with E-state index in [-0.39, 0.29) is 17.3 Å². The van der Waals surface area contributed by atoms with Gasteiger partial charge in [0.2, 0.25) is 11.2 Å². The second-order valence-electron chi connectivity index (χ2n) is 3.81. The van der Waals surface area contributed by atoms with Crippen molar-refractivity contribution in [3.05, 3.63) is 17.4 Å². The van der Waals surface area contributed by atoms with Gasteiger partial charge in [-0.1, -0.05) is 0 Å². The fourth-order valence-electron chi connectivity index (χ4n) is 1.53. The van der Waals surface area contributed by atoms with Gasteiger partial charge in [0.25, 0.3) is 0 Å². The number of nitrogens with zero attached hydrogens (tertiary/aromatic N) is 6. The van der Waals surface area contributed by atoms with Gasteiger partial charge in [-0.25, -0.2) is 0 Å². The minimum atomic E-state index is -0.125. The number of aryl methyl sites for hydroxylation is 1. The summed E-state index contributed by atoms with van der Waals surface area (Å²) in [6.45, 7) is 4.22. The third kappa shape index (κ3) is 3.28. The van der Waals surface area contributed by atoms with Crippen LogP contribution in [0.1, 0.15) is 25.7 Å². The van der Waals surface area contributed by atoms with Crippen LogP contribution in [0.2, 0.25) is 5.28 Å². The van der Waals surface area contributed by atoms with E-state index in [9.17, 15) is 0 Å². The first-order valence-electron chi connectivity index (χ1n) is 5.75. The first-order chi connectivity index (χ1) is 9.10. The fraction of sp³-hybridized carbons (Fsp3) is 0.500. The number of hydrogen-bond acceptors (Lipinski definition) is 7. The zero-order valence-electron chi connectivity index (χ0n) is 10.8. The van der Waals surface area contributed by atoms with Crippen LogP contribution in [-0.4, -0.2) is 36.3 Å². The molecule has 0 aliphatic carbocycles. The number of nitrogens with one attached hydrogen (secondary N) is 1. The molecule has 1 unspecified atom stereocenters. The summed E-state index contributed by atoms with van der Waals surface area (Å²) in [5, 5.41) is 11.0. The van der Waals surface area contributed by atoms with Gasteiger partial charge in [-0.05, 0) is 25.4 Å². The molecule has 0 saturated carbocycles. The third-order valence-electron chi connectivity index (χ3n) is 2.34. The van der Waals surface area contributed by atoms with E-state index in [1.165, 1.54) is 0 Å². The van der Waals surface area contributed by atoms with Crippen molar-refractivity contribution in [2.75, 3.05) is 11.9 Å². The summed E-state index contributed by atoms with van der Waals surface area (Å²) >= 11 is 5.81. The summed E-state index contributed by atoms with van der Waals surface area (Å²) in [4.78, 5) is 12.0. The van der Waals surface area contributed by atoms with E-state index < -0.39 is 0 Å². The molecule has 1 atom stereocenters. The highest BCUT2D eigenvalue weighted by Crippen LogP contribution is 2.17. The van der Waals surface area contributed by atoms with Crippen LogP contribution in [0.5, 0.6) is 6.01 Å². The van der Waals surface area contributed by atoms with E-state index in [1.807, 2.05) is 25.5 Å². The molecule has 1 N–H and O–H groups in total. The number of ether oxygens (including phenoxy) is 1. The smallest absolute Gasteiger partial charge is 0.322 e. The molecule has 0 fully saturated rings. The zero-order chi connectivity index (χ0) is 13.8. The van der Waals surface area contributed by atoms with Crippen LogP contribution in [0, 0.1) is 0 Å². The quantitative estimate of drug-likeness (QED) is 0.882. The van der Waals surface area contributed by atoms with E-state index in [0.29, 0.717) is 12.6 Å². The lowest BCUT2D eigenvalue weighted by Gasteiger charge is -2.13. The number of rotatable bonds is 5. The molecule has 0 aromatic carbocycles. The van der Waals surface area contributed by atoms with Crippen LogP contribution in [0.4, 0.5) is 5.95 Å². The van der Waals surface area contributed by atoms with Crippen molar-refractivity contribution in [3.8, 4) is 6.01 Å². The van der Waals surface area contributed by atoms with E-state index in [1.54, 1.807) is 6.33 Å². The largest absolute Gasteiger partial charge is 0.464 e. The topological polar surface area (TPSA) is 90.6 Å². The molecule has 2 aromatic heterocycles. The maximum Gasteiger partial charge on any atom is 0.322 e. The molecular formula is C10H14ClN7O. The highest BCUT2D eigenvalue weighted by Gasteiger charge is 2.14. The van der Waals surface area contributed by atoms with Crippen LogP contribution < -0.4 is 10.1 Å². The van der Waals surface area contributed by atoms with Crippen molar-refractivity contribution >= 4 is 17.5 Å². The Balaban J connectivity index is 2.16. The summed E-state index contributed by atoms with van der Waals surface area (Å²) in [7, 11) is 1.86. The van der Waals surface area contributed by atoms with Crippen molar-refractivity contribution in [1.82, 2.24) is 29.7 Å². The number of hydrogen-bond donors (Lipinski definition) is 1. The van der Waals surface area contributed by atoms with Gasteiger partial charge in [-0.3, -0.25) is 0 Å². The van der Waals surface area contributed by atoms with Crippen LogP contribution >= 0.6 is 11.6 Å². The molecule has 2 rings (SSSR count). The van der Waals surface area contributed by atoms with Crippen LogP contribution in [-0.2, 0) is 7.05 Å².